The first-order valence-electron chi connectivity index (χ1n) is 7.72. The zero-order valence-corrected chi connectivity index (χ0v) is 13.2. The van der Waals surface area contributed by atoms with Crippen molar-refractivity contribution in [1.29, 1.82) is 0 Å². The first-order chi connectivity index (χ1) is 11.0. The second kappa shape index (κ2) is 5.95. The van der Waals surface area contributed by atoms with Crippen LogP contribution in [0.25, 0.3) is 11.0 Å². The number of hydrogen-bond donors (Lipinski definition) is 2. The third-order valence-electron chi connectivity index (χ3n) is 4.02. The zero-order chi connectivity index (χ0) is 16.6. The molecular weight excluding hydrogens is 296 g/mol. The maximum absolute atomic E-state index is 12.4. The first-order valence-corrected chi connectivity index (χ1v) is 7.72. The molecule has 0 spiro atoms. The lowest BCUT2D eigenvalue weighted by Gasteiger charge is -2.10. The number of fused-ring (bicyclic) bond motifs is 1. The van der Waals surface area contributed by atoms with E-state index in [1.54, 1.807) is 26.0 Å². The number of aryl methyl sites for hydroxylation is 1. The van der Waals surface area contributed by atoms with E-state index >= 15 is 0 Å². The van der Waals surface area contributed by atoms with Gasteiger partial charge < -0.3 is 20.2 Å². The summed E-state index contributed by atoms with van der Waals surface area (Å²) in [4.78, 5) is 23.5. The minimum absolute atomic E-state index is 0.383. The molecule has 1 aliphatic rings. The molecule has 1 atom stereocenters. The van der Waals surface area contributed by atoms with Gasteiger partial charge in [0.25, 0.3) is 5.91 Å². The number of primary amides is 1. The Morgan fingerprint density at radius 3 is 2.83 bits per heavy atom. The van der Waals surface area contributed by atoms with Gasteiger partial charge in [-0.3, -0.25) is 9.59 Å². The van der Waals surface area contributed by atoms with E-state index in [0.29, 0.717) is 40.6 Å². The molecule has 0 saturated heterocycles. The van der Waals surface area contributed by atoms with Crippen LogP contribution in [0.1, 0.15) is 35.9 Å². The van der Waals surface area contributed by atoms with Crippen molar-refractivity contribution in [3.63, 3.8) is 0 Å². The Bertz CT molecular complexity index is 761. The fraction of sp³-hybridized carbons (Fsp3) is 0.412. The highest BCUT2D eigenvalue weighted by Gasteiger charge is 2.23. The Morgan fingerprint density at radius 2 is 2.17 bits per heavy atom. The Labute approximate surface area is 134 Å². The minimum Gasteiger partial charge on any atom is -0.493 e. The Kier molecular flexibility index (Phi) is 3.98. The minimum atomic E-state index is -0.749. The van der Waals surface area contributed by atoms with Crippen LogP contribution in [0, 0.1) is 12.8 Å². The van der Waals surface area contributed by atoms with E-state index in [1.807, 2.05) is 6.07 Å². The molecule has 122 valence electrons. The number of hydrogen-bond acceptors (Lipinski definition) is 4. The van der Waals surface area contributed by atoms with Gasteiger partial charge in [-0.15, -0.1) is 0 Å². The lowest BCUT2D eigenvalue weighted by molar-refractivity contribution is -0.119. The maximum Gasteiger partial charge on any atom is 0.256 e. The maximum atomic E-state index is 12.4. The van der Waals surface area contributed by atoms with Crippen LogP contribution in [-0.4, -0.2) is 24.5 Å². The molecule has 3 N–H and O–H groups in total. The van der Waals surface area contributed by atoms with Gasteiger partial charge in [0.05, 0.1) is 12.2 Å². The van der Waals surface area contributed by atoms with E-state index in [-0.39, 0.29) is 5.91 Å². The number of furan rings is 1. The molecule has 1 heterocycles. The van der Waals surface area contributed by atoms with Crippen molar-refractivity contribution in [3.8, 4) is 5.75 Å². The number of benzene rings is 1. The van der Waals surface area contributed by atoms with Crippen LogP contribution in [0.2, 0.25) is 0 Å². The van der Waals surface area contributed by atoms with Gasteiger partial charge in [0.2, 0.25) is 5.91 Å². The van der Waals surface area contributed by atoms with Crippen molar-refractivity contribution >= 4 is 22.8 Å². The molecule has 3 rings (SSSR count). The predicted molar refractivity (Wildman–Crippen MR) is 85.3 cm³/mol. The molecule has 1 aliphatic carbocycles. The number of rotatable bonds is 6. The Balaban J connectivity index is 1.87. The number of nitrogens with one attached hydrogen (secondary N) is 1. The van der Waals surface area contributed by atoms with Crippen LogP contribution in [0.4, 0.5) is 0 Å². The van der Waals surface area contributed by atoms with Gasteiger partial charge in [0.1, 0.15) is 23.1 Å². The topological polar surface area (TPSA) is 94.6 Å². The van der Waals surface area contributed by atoms with E-state index in [9.17, 15) is 9.59 Å². The number of carbonyl (C=O) groups excluding carboxylic acids is 2. The van der Waals surface area contributed by atoms with E-state index in [4.69, 9.17) is 14.9 Å². The Morgan fingerprint density at radius 1 is 1.43 bits per heavy atom. The molecule has 6 nitrogen and oxygen atoms in total. The molecule has 1 aromatic heterocycles. The Hall–Kier alpha value is -2.50. The van der Waals surface area contributed by atoms with Gasteiger partial charge in [0, 0.05) is 5.39 Å². The molecule has 1 saturated carbocycles. The van der Waals surface area contributed by atoms with E-state index in [2.05, 4.69) is 5.32 Å². The second-order valence-corrected chi connectivity index (χ2v) is 6.04. The van der Waals surface area contributed by atoms with Gasteiger partial charge in [-0.1, -0.05) is 0 Å². The van der Waals surface area contributed by atoms with Gasteiger partial charge in [-0.2, -0.15) is 0 Å². The fourth-order valence-electron chi connectivity index (χ4n) is 2.41. The molecule has 0 aliphatic heterocycles. The van der Waals surface area contributed by atoms with Crippen LogP contribution < -0.4 is 15.8 Å². The third-order valence-corrected chi connectivity index (χ3v) is 4.02. The summed E-state index contributed by atoms with van der Waals surface area (Å²) in [6.45, 7) is 3.96. The average Bonchev–Trinajstić information content (AvgIpc) is 3.26. The summed E-state index contributed by atoms with van der Waals surface area (Å²) in [6.07, 6.45) is 2.43. The number of ether oxygens (including phenoxy) is 1. The molecule has 6 heteroatoms. The zero-order valence-electron chi connectivity index (χ0n) is 13.2. The molecule has 0 unspecified atom stereocenters. The normalized spacial score (nSPS) is 15.4. The SMILES string of the molecule is Cc1oc2ccc(OCC3CC3)cc2c1C(=O)N[C@@H](C)C(N)=O. The monoisotopic (exact) mass is 316 g/mol. The first kappa shape index (κ1) is 15.4. The fourth-order valence-corrected chi connectivity index (χ4v) is 2.41. The molecule has 2 aromatic rings. The van der Waals surface area contributed by atoms with Gasteiger partial charge in [0.15, 0.2) is 0 Å². The summed E-state index contributed by atoms with van der Waals surface area (Å²) in [5, 5.41) is 3.25. The van der Waals surface area contributed by atoms with Crippen LogP contribution in [0.3, 0.4) is 0 Å². The molecule has 0 radical (unpaired) electrons. The second-order valence-electron chi connectivity index (χ2n) is 6.04. The highest BCUT2D eigenvalue weighted by atomic mass is 16.5. The van der Waals surface area contributed by atoms with Gasteiger partial charge >= 0.3 is 0 Å². The molecule has 0 bridgehead atoms. The van der Waals surface area contributed by atoms with Crippen molar-refractivity contribution in [3.05, 3.63) is 29.5 Å². The van der Waals surface area contributed by atoms with Gasteiger partial charge in [-0.25, -0.2) is 0 Å². The summed E-state index contributed by atoms with van der Waals surface area (Å²) >= 11 is 0. The summed E-state index contributed by atoms with van der Waals surface area (Å²) < 4.78 is 11.4. The summed E-state index contributed by atoms with van der Waals surface area (Å²) in [5.74, 6) is 0.885. The summed E-state index contributed by atoms with van der Waals surface area (Å²) in [5.41, 5.74) is 6.21. The van der Waals surface area contributed by atoms with Crippen LogP contribution in [0.15, 0.2) is 22.6 Å². The highest BCUT2D eigenvalue weighted by molar-refractivity contribution is 6.08. The van der Waals surface area contributed by atoms with Crippen LogP contribution in [0.5, 0.6) is 5.75 Å². The molecule has 23 heavy (non-hydrogen) atoms. The number of nitrogens with two attached hydrogens (primary N) is 1. The molecule has 1 fully saturated rings. The molecule has 2 amide bonds. The molecular formula is C17H20N2O4. The van der Waals surface area contributed by atoms with Crippen molar-refractivity contribution in [2.45, 2.75) is 32.7 Å². The smallest absolute Gasteiger partial charge is 0.256 e. The predicted octanol–water partition coefficient (Wildman–Crippen LogP) is 2.13. The van der Waals surface area contributed by atoms with Crippen molar-refractivity contribution in [1.82, 2.24) is 5.32 Å². The van der Waals surface area contributed by atoms with E-state index in [1.165, 1.54) is 12.8 Å². The third kappa shape index (κ3) is 3.31. The molecule has 1 aromatic carbocycles. The van der Waals surface area contributed by atoms with Gasteiger partial charge in [-0.05, 0) is 50.8 Å². The van der Waals surface area contributed by atoms with Crippen LogP contribution in [-0.2, 0) is 4.79 Å². The van der Waals surface area contributed by atoms with Crippen molar-refractivity contribution < 1.29 is 18.7 Å². The lowest BCUT2D eigenvalue weighted by Crippen LogP contribution is -2.42. The average molecular weight is 316 g/mol. The van der Waals surface area contributed by atoms with Crippen molar-refractivity contribution in [2.75, 3.05) is 6.61 Å². The van der Waals surface area contributed by atoms with Crippen molar-refractivity contribution in [2.24, 2.45) is 11.7 Å². The van der Waals surface area contributed by atoms with E-state index in [0.717, 1.165) is 0 Å². The summed E-state index contributed by atoms with van der Waals surface area (Å²) in [6, 6.07) is 4.68. The van der Waals surface area contributed by atoms with Crippen LogP contribution >= 0.6 is 0 Å². The number of carbonyl (C=O) groups is 2. The highest BCUT2D eigenvalue weighted by Crippen LogP contribution is 2.32. The lowest BCUT2D eigenvalue weighted by atomic mass is 10.1. The standard InChI is InChI=1S/C17H20N2O4/c1-9(16(18)20)19-17(21)15-10(2)23-14-6-5-12(7-13(14)15)22-8-11-3-4-11/h5-7,9,11H,3-4,8H2,1-2H3,(H2,18,20)(H,19,21)/t9-/m0/s1. The summed E-state index contributed by atoms with van der Waals surface area (Å²) in [7, 11) is 0. The quantitative estimate of drug-likeness (QED) is 0.853. The van der Waals surface area contributed by atoms with E-state index < -0.39 is 11.9 Å². The number of amides is 2. The largest absolute Gasteiger partial charge is 0.493 e.